The molecule has 0 saturated carbocycles. The Kier molecular flexibility index (Phi) is 5.04. The quantitative estimate of drug-likeness (QED) is 0.874. The van der Waals surface area contributed by atoms with Gasteiger partial charge in [-0.1, -0.05) is 12.1 Å². The van der Waals surface area contributed by atoms with Crippen LogP contribution in [-0.4, -0.2) is 45.8 Å². The molecule has 1 aromatic heterocycles. The van der Waals surface area contributed by atoms with E-state index in [1.807, 2.05) is 6.07 Å². The zero-order valence-electron chi connectivity index (χ0n) is 13.6. The van der Waals surface area contributed by atoms with Crippen LogP contribution in [0.2, 0.25) is 0 Å². The minimum absolute atomic E-state index is 0.334. The Labute approximate surface area is 145 Å². The van der Waals surface area contributed by atoms with Crippen molar-refractivity contribution < 1.29 is 9.90 Å². The van der Waals surface area contributed by atoms with E-state index < -0.39 is 6.09 Å². The number of nitrogens with zero attached hydrogens (tertiary/aromatic N) is 5. The van der Waals surface area contributed by atoms with Gasteiger partial charge in [0.1, 0.15) is 6.33 Å². The molecule has 0 atom stereocenters. The van der Waals surface area contributed by atoms with Crippen molar-refractivity contribution in [3.8, 4) is 17.5 Å². The van der Waals surface area contributed by atoms with Crippen LogP contribution < -0.4 is 10.2 Å². The third-order valence-corrected chi connectivity index (χ3v) is 4.25. The Balaban J connectivity index is 1.68. The van der Waals surface area contributed by atoms with Crippen LogP contribution in [0.15, 0.2) is 30.6 Å². The van der Waals surface area contributed by atoms with E-state index in [-0.39, 0.29) is 0 Å². The molecule has 25 heavy (non-hydrogen) atoms. The van der Waals surface area contributed by atoms with Gasteiger partial charge < -0.3 is 15.3 Å². The number of rotatable bonds is 4. The fourth-order valence-corrected chi connectivity index (χ4v) is 2.88. The van der Waals surface area contributed by atoms with Gasteiger partial charge in [-0.15, -0.1) is 0 Å². The summed E-state index contributed by atoms with van der Waals surface area (Å²) in [7, 11) is 0. The van der Waals surface area contributed by atoms with Gasteiger partial charge in [0.2, 0.25) is 5.95 Å². The van der Waals surface area contributed by atoms with Crippen LogP contribution in [0.25, 0.3) is 11.4 Å². The molecule has 128 valence electrons. The van der Waals surface area contributed by atoms with Crippen molar-refractivity contribution >= 4 is 12.0 Å². The molecule has 0 radical (unpaired) electrons. The number of piperidine rings is 1. The topological polar surface area (TPSA) is 115 Å². The van der Waals surface area contributed by atoms with Crippen molar-refractivity contribution in [2.24, 2.45) is 5.92 Å². The van der Waals surface area contributed by atoms with Crippen LogP contribution in [0.3, 0.4) is 0 Å². The minimum Gasteiger partial charge on any atom is -0.465 e. The zero-order chi connectivity index (χ0) is 17.6. The third-order valence-electron chi connectivity index (χ3n) is 4.25. The van der Waals surface area contributed by atoms with Gasteiger partial charge in [0, 0.05) is 25.2 Å². The van der Waals surface area contributed by atoms with Crippen LogP contribution in [0.1, 0.15) is 18.4 Å². The number of nitrogens with one attached hydrogen (secondary N) is 1. The molecule has 3 rings (SSSR count). The van der Waals surface area contributed by atoms with E-state index in [1.54, 1.807) is 18.2 Å². The van der Waals surface area contributed by atoms with Crippen LogP contribution in [0.5, 0.6) is 0 Å². The highest BCUT2D eigenvalue weighted by Gasteiger charge is 2.21. The summed E-state index contributed by atoms with van der Waals surface area (Å²) in [5.74, 6) is 1.48. The molecule has 1 saturated heterocycles. The van der Waals surface area contributed by atoms with Crippen molar-refractivity contribution in [3.63, 3.8) is 0 Å². The van der Waals surface area contributed by atoms with Gasteiger partial charge in [-0.3, -0.25) is 0 Å². The predicted octanol–water partition coefficient (Wildman–Crippen LogP) is 1.89. The summed E-state index contributed by atoms with van der Waals surface area (Å²) in [5, 5.41) is 20.1. The fourth-order valence-electron chi connectivity index (χ4n) is 2.88. The molecule has 2 N–H and O–H groups in total. The largest absolute Gasteiger partial charge is 0.465 e. The van der Waals surface area contributed by atoms with Gasteiger partial charge in [0.05, 0.1) is 11.6 Å². The Bertz CT molecular complexity index is 796. The van der Waals surface area contributed by atoms with Crippen LogP contribution in [0, 0.1) is 17.2 Å². The molecule has 8 nitrogen and oxygen atoms in total. The molecule has 1 fully saturated rings. The predicted molar refractivity (Wildman–Crippen MR) is 90.9 cm³/mol. The Hall–Kier alpha value is -3.21. The molecular formula is C17H18N6O2. The lowest BCUT2D eigenvalue weighted by atomic mass is 9.97. The summed E-state index contributed by atoms with van der Waals surface area (Å²) < 4.78 is 0. The number of benzene rings is 1. The Morgan fingerprint density at radius 2 is 2.16 bits per heavy atom. The number of aromatic nitrogens is 3. The summed E-state index contributed by atoms with van der Waals surface area (Å²) in [5.41, 5.74) is 1.34. The number of carbonyl (C=O) groups is 1. The smallest absolute Gasteiger partial charge is 0.404 e. The number of carboxylic acid groups (broad SMARTS) is 1. The summed E-state index contributed by atoms with van der Waals surface area (Å²) in [4.78, 5) is 25.7. The maximum Gasteiger partial charge on any atom is 0.404 e. The maximum absolute atomic E-state index is 10.6. The van der Waals surface area contributed by atoms with Crippen LogP contribution >= 0.6 is 0 Å². The SMILES string of the molecule is N#Cc1cccc(-c2ncnc(N3CCC(CNC(=O)O)CC3)n2)c1. The van der Waals surface area contributed by atoms with Crippen molar-refractivity contribution in [1.29, 1.82) is 5.26 Å². The third kappa shape index (κ3) is 4.20. The summed E-state index contributed by atoms with van der Waals surface area (Å²) in [6, 6.07) is 9.27. The number of hydrogen-bond donors (Lipinski definition) is 2. The summed E-state index contributed by atoms with van der Waals surface area (Å²) >= 11 is 0. The average molecular weight is 338 g/mol. The van der Waals surface area contributed by atoms with Gasteiger partial charge in [0.15, 0.2) is 5.82 Å². The highest BCUT2D eigenvalue weighted by Crippen LogP contribution is 2.22. The summed E-state index contributed by atoms with van der Waals surface area (Å²) in [6.07, 6.45) is 2.26. The van der Waals surface area contributed by atoms with Crippen LogP contribution in [0.4, 0.5) is 10.7 Å². The molecule has 0 spiro atoms. The van der Waals surface area contributed by atoms with E-state index in [0.717, 1.165) is 31.5 Å². The van der Waals surface area contributed by atoms with E-state index >= 15 is 0 Å². The second kappa shape index (κ2) is 7.57. The first-order chi connectivity index (χ1) is 12.2. The van der Waals surface area contributed by atoms with E-state index in [9.17, 15) is 4.79 Å². The molecule has 2 aromatic rings. The normalized spacial score (nSPS) is 14.8. The Morgan fingerprint density at radius 3 is 2.88 bits per heavy atom. The van der Waals surface area contributed by atoms with Crippen molar-refractivity contribution in [2.75, 3.05) is 24.5 Å². The first-order valence-corrected chi connectivity index (χ1v) is 8.07. The zero-order valence-corrected chi connectivity index (χ0v) is 13.6. The second-order valence-corrected chi connectivity index (χ2v) is 5.92. The number of hydrogen-bond acceptors (Lipinski definition) is 6. The lowest BCUT2D eigenvalue weighted by molar-refractivity contribution is 0.191. The lowest BCUT2D eigenvalue weighted by Gasteiger charge is -2.31. The Morgan fingerprint density at radius 1 is 1.36 bits per heavy atom. The molecule has 8 heteroatoms. The van der Waals surface area contributed by atoms with E-state index in [2.05, 4.69) is 31.2 Å². The summed E-state index contributed by atoms with van der Waals surface area (Å²) in [6.45, 7) is 2.02. The number of anilines is 1. The molecule has 0 bridgehead atoms. The molecule has 0 aliphatic carbocycles. The maximum atomic E-state index is 10.6. The highest BCUT2D eigenvalue weighted by atomic mass is 16.4. The van der Waals surface area contributed by atoms with Crippen molar-refractivity contribution in [2.45, 2.75) is 12.8 Å². The number of nitriles is 1. The van der Waals surface area contributed by atoms with Gasteiger partial charge in [0.25, 0.3) is 0 Å². The first-order valence-electron chi connectivity index (χ1n) is 8.07. The first kappa shape index (κ1) is 16.6. The van der Waals surface area contributed by atoms with E-state index in [4.69, 9.17) is 10.4 Å². The number of amides is 1. The molecule has 1 aliphatic heterocycles. The van der Waals surface area contributed by atoms with E-state index in [1.165, 1.54) is 6.33 Å². The van der Waals surface area contributed by atoms with Crippen molar-refractivity contribution in [1.82, 2.24) is 20.3 Å². The fraction of sp³-hybridized carbons (Fsp3) is 0.353. The van der Waals surface area contributed by atoms with Gasteiger partial charge in [-0.25, -0.2) is 14.8 Å². The molecule has 0 unspecified atom stereocenters. The second-order valence-electron chi connectivity index (χ2n) is 5.92. The van der Waals surface area contributed by atoms with E-state index in [0.29, 0.717) is 29.8 Å². The average Bonchev–Trinajstić information content (AvgIpc) is 2.67. The van der Waals surface area contributed by atoms with Crippen molar-refractivity contribution in [3.05, 3.63) is 36.2 Å². The highest BCUT2D eigenvalue weighted by molar-refractivity contribution is 5.64. The lowest BCUT2D eigenvalue weighted by Crippen LogP contribution is -2.39. The van der Waals surface area contributed by atoms with Gasteiger partial charge in [-0.05, 0) is 30.9 Å². The molecule has 2 heterocycles. The van der Waals surface area contributed by atoms with Crippen LogP contribution in [-0.2, 0) is 0 Å². The van der Waals surface area contributed by atoms with Gasteiger partial charge in [-0.2, -0.15) is 10.2 Å². The standard InChI is InChI=1S/C17H18N6O2/c18-9-13-2-1-3-14(8-13)15-20-11-21-16(22-15)23-6-4-12(5-7-23)10-19-17(24)25/h1-3,8,11-12,19H,4-7,10H2,(H,24,25). The monoisotopic (exact) mass is 338 g/mol. The molecule has 1 aliphatic rings. The minimum atomic E-state index is -0.982. The van der Waals surface area contributed by atoms with Gasteiger partial charge >= 0.3 is 6.09 Å². The molecular weight excluding hydrogens is 320 g/mol. The molecule has 1 amide bonds. The molecule has 1 aromatic carbocycles.